The average molecular weight is 170 g/mol. The van der Waals surface area contributed by atoms with Crippen LogP contribution in [-0.4, -0.2) is 21.7 Å². The summed E-state index contributed by atoms with van der Waals surface area (Å²) in [6.45, 7) is 2.06. The molecule has 1 aliphatic heterocycles. The van der Waals surface area contributed by atoms with Crippen molar-refractivity contribution in [3.63, 3.8) is 0 Å². The Kier molecular flexibility index (Phi) is 2.86. The van der Waals surface area contributed by atoms with Gasteiger partial charge in [0.15, 0.2) is 0 Å². The smallest absolute Gasteiger partial charge is 0.0871 e. The van der Waals surface area contributed by atoms with Gasteiger partial charge in [0.2, 0.25) is 0 Å². The summed E-state index contributed by atoms with van der Waals surface area (Å²) in [7, 11) is 0. The average Bonchev–Trinajstić information content (AvgIpc) is 1.96. The van der Waals surface area contributed by atoms with E-state index in [9.17, 15) is 5.11 Å². The lowest BCUT2D eigenvalue weighted by Gasteiger charge is -2.36. The van der Waals surface area contributed by atoms with E-state index in [0.717, 1.165) is 18.6 Å². The second kappa shape index (κ2) is 3.51. The van der Waals surface area contributed by atoms with Gasteiger partial charge in [0, 0.05) is 11.7 Å². The molecule has 0 bridgehead atoms. The molecule has 0 aliphatic carbocycles. The van der Waals surface area contributed by atoms with Crippen molar-refractivity contribution in [2.45, 2.75) is 37.0 Å². The van der Waals surface area contributed by atoms with Gasteiger partial charge in [0.1, 0.15) is 0 Å². The largest absolute Gasteiger partial charge is 0.388 e. The van der Waals surface area contributed by atoms with E-state index >= 15 is 0 Å². The molecule has 1 saturated heterocycles. The first-order chi connectivity index (χ1) is 5.19. The molecule has 1 aliphatic rings. The Morgan fingerprint density at radius 1 is 1.82 bits per heavy atom. The van der Waals surface area contributed by atoms with Gasteiger partial charge >= 0.3 is 0 Å². The molecule has 0 spiro atoms. The molecular weight excluding hydrogens is 156 g/mol. The zero-order valence-electron chi connectivity index (χ0n) is 6.84. The zero-order chi connectivity index (χ0) is 8.32. The molecule has 1 heterocycles. The van der Waals surface area contributed by atoms with E-state index in [-0.39, 0.29) is 0 Å². The third-order valence-electron chi connectivity index (χ3n) is 2.29. The molecule has 1 N–H and O–H groups in total. The van der Waals surface area contributed by atoms with Crippen LogP contribution in [0.15, 0.2) is 0 Å². The van der Waals surface area contributed by atoms with Gasteiger partial charge in [0.25, 0.3) is 0 Å². The molecule has 0 saturated carbocycles. The highest BCUT2D eigenvalue weighted by atomic mass is 32.2. The van der Waals surface area contributed by atoms with Crippen LogP contribution in [0, 0.1) is 12.3 Å². The highest BCUT2D eigenvalue weighted by Gasteiger charge is 2.35. The lowest BCUT2D eigenvalue weighted by atomic mass is 9.91. The van der Waals surface area contributed by atoms with Crippen molar-refractivity contribution in [1.82, 2.24) is 0 Å². The first-order valence-electron chi connectivity index (χ1n) is 3.96. The van der Waals surface area contributed by atoms with E-state index in [2.05, 4.69) is 12.8 Å². The van der Waals surface area contributed by atoms with Crippen LogP contribution in [0.4, 0.5) is 0 Å². The van der Waals surface area contributed by atoms with Gasteiger partial charge in [-0.25, -0.2) is 0 Å². The van der Waals surface area contributed by atoms with E-state index in [4.69, 9.17) is 6.42 Å². The Bertz CT molecular complexity index is 173. The maximum absolute atomic E-state index is 9.98. The van der Waals surface area contributed by atoms with Crippen molar-refractivity contribution in [1.29, 1.82) is 0 Å². The number of thioether (sulfide) groups is 1. The van der Waals surface area contributed by atoms with Crippen molar-refractivity contribution in [3.8, 4) is 12.3 Å². The molecule has 11 heavy (non-hydrogen) atoms. The Morgan fingerprint density at radius 3 is 3.09 bits per heavy atom. The molecule has 1 nitrogen and oxygen atoms in total. The van der Waals surface area contributed by atoms with Crippen LogP contribution in [0.2, 0.25) is 0 Å². The van der Waals surface area contributed by atoms with Crippen molar-refractivity contribution in [2.24, 2.45) is 0 Å². The van der Waals surface area contributed by atoms with Crippen LogP contribution in [0.1, 0.15) is 26.2 Å². The summed E-state index contributed by atoms with van der Waals surface area (Å²) in [5, 5.41) is 10.3. The Balaban J connectivity index is 2.58. The summed E-state index contributed by atoms with van der Waals surface area (Å²) in [5.74, 6) is 3.71. The molecule has 0 aromatic rings. The summed E-state index contributed by atoms with van der Waals surface area (Å²) >= 11 is 1.82. The van der Waals surface area contributed by atoms with Crippen LogP contribution in [-0.2, 0) is 0 Å². The molecule has 1 rings (SSSR count). The molecule has 62 valence electrons. The first kappa shape index (κ1) is 8.96. The van der Waals surface area contributed by atoms with Gasteiger partial charge in [0.05, 0.1) is 5.60 Å². The van der Waals surface area contributed by atoms with E-state index in [0.29, 0.717) is 11.7 Å². The predicted molar refractivity (Wildman–Crippen MR) is 49.6 cm³/mol. The molecule has 0 radical (unpaired) electrons. The molecule has 0 amide bonds. The van der Waals surface area contributed by atoms with Crippen molar-refractivity contribution >= 4 is 11.8 Å². The quantitative estimate of drug-likeness (QED) is 0.604. The Morgan fingerprint density at radius 2 is 2.55 bits per heavy atom. The van der Waals surface area contributed by atoms with Gasteiger partial charge in [-0.1, -0.05) is 6.92 Å². The lowest BCUT2D eigenvalue weighted by molar-refractivity contribution is 0.0346. The van der Waals surface area contributed by atoms with E-state index in [1.807, 2.05) is 11.8 Å². The highest BCUT2D eigenvalue weighted by Crippen LogP contribution is 2.35. The number of hydrogen-bond acceptors (Lipinski definition) is 2. The maximum Gasteiger partial charge on any atom is 0.0871 e. The summed E-state index contributed by atoms with van der Waals surface area (Å²) in [6.07, 6.45) is 7.65. The van der Waals surface area contributed by atoms with Crippen LogP contribution in [0.25, 0.3) is 0 Å². The number of terminal acetylenes is 1. The minimum absolute atomic E-state index is 0.298. The topological polar surface area (TPSA) is 20.2 Å². The van der Waals surface area contributed by atoms with Crippen LogP contribution in [0.3, 0.4) is 0 Å². The fourth-order valence-corrected chi connectivity index (χ4v) is 2.58. The number of aliphatic hydroxyl groups is 1. The normalized spacial score (nSPS) is 38.1. The van der Waals surface area contributed by atoms with E-state index in [1.165, 1.54) is 0 Å². The molecule has 1 fully saturated rings. The van der Waals surface area contributed by atoms with E-state index < -0.39 is 5.60 Å². The molecule has 2 unspecified atom stereocenters. The molecule has 2 atom stereocenters. The maximum atomic E-state index is 9.98. The fraction of sp³-hybridized carbons (Fsp3) is 0.778. The zero-order valence-corrected chi connectivity index (χ0v) is 7.66. The second-order valence-electron chi connectivity index (χ2n) is 3.10. The Labute approximate surface area is 72.6 Å². The summed E-state index contributed by atoms with van der Waals surface area (Å²) in [5.41, 5.74) is -0.586. The van der Waals surface area contributed by atoms with E-state index in [1.54, 1.807) is 0 Å². The minimum Gasteiger partial charge on any atom is -0.388 e. The van der Waals surface area contributed by atoms with Gasteiger partial charge in [-0.3, -0.25) is 0 Å². The van der Waals surface area contributed by atoms with Gasteiger partial charge in [-0.05, 0) is 18.6 Å². The first-order valence-corrected chi connectivity index (χ1v) is 5.01. The third kappa shape index (κ3) is 1.91. The fourth-order valence-electron chi connectivity index (χ4n) is 1.41. The summed E-state index contributed by atoms with van der Waals surface area (Å²) < 4.78 is 0. The third-order valence-corrected chi connectivity index (χ3v) is 3.75. The summed E-state index contributed by atoms with van der Waals surface area (Å²) in [6, 6.07) is 0. The van der Waals surface area contributed by atoms with Crippen LogP contribution < -0.4 is 0 Å². The molecule has 2 heteroatoms. The molecule has 0 aromatic heterocycles. The van der Waals surface area contributed by atoms with Crippen LogP contribution >= 0.6 is 11.8 Å². The monoisotopic (exact) mass is 170 g/mol. The van der Waals surface area contributed by atoms with Gasteiger partial charge in [-0.2, -0.15) is 11.8 Å². The molecular formula is C9H14OS. The Hall–Kier alpha value is -0.130. The number of hydrogen-bond donors (Lipinski definition) is 1. The number of rotatable bonds is 1. The highest BCUT2D eigenvalue weighted by molar-refractivity contribution is 8.00. The van der Waals surface area contributed by atoms with Gasteiger partial charge < -0.3 is 5.11 Å². The SMILES string of the molecule is C#CCC1(O)CCCSC1C. The molecule has 0 aromatic carbocycles. The minimum atomic E-state index is -0.586. The standard InChI is InChI=1S/C9H14OS/c1-3-5-9(10)6-4-7-11-8(9)2/h1,8,10H,4-7H2,2H3. The van der Waals surface area contributed by atoms with Crippen LogP contribution in [0.5, 0.6) is 0 Å². The second-order valence-corrected chi connectivity index (χ2v) is 4.55. The van der Waals surface area contributed by atoms with Crippen molar-refractivity contribution in [3.05, 3.63) is 0 Å². The predicted octanol–water partition coefficient (Wildman–Crippen LogP) is 1.66. The van der Waals surface area contributed by atoms with Gasteiger partial charge in [-0.15, -0.1) is 12.3 Å². The van der Waals surface area contributed by atoms with Crippen molar-refractivity contribution < 1.29 is 5.11 Å². The summed E-state index contributed by atoms with van der Waals surface area (Å²) in [4.78, 5) is 0. The lowest BCUT2D eigenvalue weighted by Crippen LogP contribution is -2.41. The van der Waals surface area contributed by atoms with Crippen molar-refractivity contribution in [2.75, 3.05) is 5.75 Å².